The molecule has 0 radical (unpaired) electrons. The van der Waals surface area contributed by atoms with Gasteiger partial charge in [-0.2, -0.15) is 0 Å². The predicted molar refractivity (Wildman–Crippen MR) is 162 cm³/mol. The first-order chi connectivity index (χ1) is 20.9. The van der Waals surface area contributed by atoms with Crippen molar-refractivity contribution in [2.45, 2.75) is 38.2 Å². The monoisotopic (exact) mass is 650 g/mol. The van der Waals surface area contributed by atoms with Crippen LogP contribution in [0.1, 0.15) is 47.4 Å². The number of anilines is 1. The van der Waals surface area contributed by atoms with Crippen molar-refractivity contribution in [2.24, 2.45) is 5.92 Å². The molecule has 1 aromatic carbocycles. The van der Waals surface area contributed by atoms with Crippen molar-refractivity contribution in [1.82, 2.24) is 25.4 Å². The molecule has 1 saturated carbocycles. The van der Waals surface area contributed by atoms with Crippen LogP contribution in [-0.4, -0.2) is 90.2 Å². The smallest absolute Gasteiger partial charge is 0.534 e. The molecule has 0 spiro atoms. The minimum atomic E-state index is -1.15. The van der Waals surface area contributed by atoms with E-state index in [1.807, 2.05) is 0 Å². The summed E-state index contributed by atoms with van der Waals surface area (Å²) in [7, 11) is 0.443. The lowest BCUT2D eigenvalue weighted by Crippen LogP contribution is -2.59. The Kier molecular flexibility index (Phi) is 10.7. The number of hydrogen-bond acceptors (Lipinski definition) is 10. The number of urea groups is 1. The number of nitrogens with zero attached hydrogens (tertiary/aromatic N) is 3. The fraction of sp³-hybridized carbons (Fsp3) is 0.444. The van der Waals surface area contributed by atoms with Crippen LogP contribution in [0.2, 0.25) is 4.34 Å². The van der Waals surface area contributed by atoms with Gasteiger partial charge in [-0.15, -0.1) is 0 Å². The molecule has 2 aromatic rings. The van der Waals surface area contributed by atoms with Gasteiger partial charge in [0, 0.05) is 32.4 Å². The second-order valence-electron chi connectivity index (χ2n) is 10.5. The zero-order chi connectivity index (χ0) is 32.1. The largest absolute Gasteiger partial charge is 0.549 e. The van der Waals surface area contributed by atoms with E-state index < -0.39 is 49.6 Å². The van der Waals surface area contributed by atoms with E-state index in [9.17, 15) is 28.7 Å². The Morgan fingerprint density at radius 2 is 2.05 bits per heavy atom. The number of carbonyl (C=O) groups excluding carboxylic acids is 3. The van der Waals surface area contributed by atoms with E-state index in [2.05, 4.69) is 29.1 Å². The average Bonchev–Trinajstić information content (AvgIpc) is 3.70. The number of aromatic carboxylic acids is 1. The molecule has 13 nitrogen and oxygen atoms in total. The van der Waals surface area contributed by atoms with E-state index in [1.54, 1.807) is 12.1 Å². The number of para-hydroxylation sites is 1. The van der Waals surface area contributed by atoms with E-state index in [-0.39, 0.29) is 58.2 Å². The van der Waals surface area contributed by atoms with E-state index in [1.165, 1.54) is 26.0 Å². The number of aromatic nitrogens is 1. The zero-order valence-electron chi connectivity index (χ0n) is 24.2. The Bertz CT molecular complexity index is 1440. The summed E-state index contributed by atoms with van der Waals surface area (Å²) in [5, 5.41) is 15.4. The third-order valence-corrected chi connectivity index (χ3v) is 8.34. The molecule has 0 bridgehead atoms. The molecule has 3 aliphatic rings. The average molecular weight is 651 g/mol. The summed E-state index contributed by atoms with van der Waals surface area (Å²) in [5.41, 5.74) is 6.72. The van der Waals surface area contributed by atoms with Crippen LogP contribution in [0.25, 0.3) is 0 Å². The normalized spacial score (nSPS) is 18.5. The summed E-state index contributed by atoms with van der Waals surface area (Å²) >= 11 is 7.31. The van der Waals surface area contributed by atoms with Crippen LogP contribution in [0.3, 0.4) is 0 Å². The molecule has 236 valence electrons. The second-order valence-corrected chi connectivity index (χ2v) is 12.1. The van der Waals surface area contributed by atoms with Crippen molar-refractivity contribution in [3.05, 3.63) is 51.6 Å². The molecule has 2 aliphatic heterocycles. The summed E-state index contributed by atoms with van der Waals surface area (Å²) in [6.07, 6.45) is 3.24. The van der Waals surface area contributed by atoms with Crippen LogP contribution in [0.15, 0.2) is 30.5 Å². The van der Waals surface area contributed by atoms with Crippen molar-refractivity contribution < 1.29 is 38.0 Å². The van der Waals surface area contributed by atoms with Gasteiger partial charge in [-0.05, 0) is 24.0 Å². The van der Waals surface area contributed by atoms with Gasteiger partial charge >= 0.3 is 30.9 Å². The highest BCUT2D eigenvalue weighted by Crippen LogP contribution is 2.35. The van der Waals surface area contributed by atoms with Crippen LogP contribution >= 0.6 is 22.9 Å². The van der Waals surface area contributed by atoms with E-state index in [0.29, 0.717) is 10.5 Å². The number of benzene rings is 1. The molecule has 1 saturated heterocycles. The standard InChI is InChI=1S/C23H25BClFN6O7S.C4H8/c1-11(28-14-10-12-4-3-5-13(21(35)36)17(12)39-24(14)38-2)15(16-18(25)40-22(27)29-16)30-23(37)32-9-8-31(7-6-26)19(33)20(32)34;1-4-2-3-4/h3-5,14-15,28H,1,6-10H2,2H3,(H2,27,29)(H,30,37)(H,35,36);4H,2-3H2,1H3. The minimum absolute atomic E-state index is 0.0162. The lowest BCUT2D eigenvalue weighted by molar-refractivity contribution is -0.153. The quantitative estimate of drug-likeness (QED) is 0.233. The number of carbonyl (C=O) groups is 4. The topological polar surface area (TPSA) is 176 Å². The lowest BCUT2D eigenvalue weighted by Gasteiger charge is -2.35. The van der Waals surface area contributed by atoms with Gasteiger partial charge in [-0.1, -0.05) is 61.4 Å². The fourth-order valence-corrected chi connectivity index (χ4v) is 5.60. The Balaban J connectivity index is 0.00000102. The predicted octanol–water partition coefficient (Wildman–Crippen LogP) is 2.67. The summed E-state index contributed by atoms with van der Waals surface area (Å²) < 4.78 is 24.2. The number of nitrogens with one attached hydrogen (secondary N) is 2. The number of hydrogen-bond donors (Lipinski definition) is 4. The minimum Gasteiger partial charge on any atom is -0.534 e. The third kappa shape index (κ3) is 7.60. The Labute approximate surface area is 262 Å². The first kappa shape index (κ1) is 33.0. The molecule has 17 heteroatoms. The number of imide groups is 1. The number of halogens is 2. The molecule has 3 heterocycles. The van der Waals surface area contributed by atoms with Crippen LogP contribution in [0.4, 0.5) is 14.3 Å². The Morgan fingerprint density at radius 3 is 2.61 bits per heavy atom. The Hall–Kier alpha value is -3.89. The zero-order valence-corrected chi connectivity index (χ0v) is 25.8. The van der Waals surface area contributed by atoms with E-state index in [4.69, 9.17) is 26.6 Å². The van der Waals surface area contributed by atoms with Crippen molar-refractivity contribution in [3.8, 4) is 5.75 Å². The summed E-state index contributed by atoms with van der Waals surface area (Å²) in [5.74, 6) is -2.59. The van der Waals surface area contributed by atoms with Crippen LogP contribution < -0.4 is 21.0 Å². The molecule has 1 aliphatic carbocycles. The number of fused-ring (bicyclic) bond motifs is 1. The van der Waals surface area contributed by atoms with E-state index in [0.717, 1.165) is 22.2 Å². The maximum absolute atomic E-state index is 13.2. The van der Waals surface area contributed by atoms with Gasteiger partial charge < -0.3 is 35.7 Å². The second kappa shape index (κ2) is 14.3. The molecule has 2 atom stereocenters. The van der Waals surface area contributed by atoms with E-state index >= 15 is 0 Å². The molecule has 44 heavy (non-hydrogen) atoms. The molecule has 2 fully saturated rings. The van der Waals surface area contributed by atoms with Crippen LogP contribution in [-0.2, 0) is 20.7 Å². The number of carboxylic acids is 1. The highest BCUT2D eigenvalue weighted by Gasteiger charge is 2.41. The lowest BCUT2D eigenvalue weighted by atomic mass is 9.71. The molecular weight excluding hydrogens is 618 g/mol. The highest BCUT2D eigenvalue weighted by molar-refractivity contribution is 7.19. The number of thiazole rings is 1. The number of rotatable bonds is 9. The van der Waals surface area contributed by atoms with Gasteiger partial charge in [-0.3, -0.25) is 14.5 Å². The fourth-order valence-electron chi connectivity index (χ4n) is 4.62. The van der Waals surface area contributed by atoms with Gasteiger partial charge in [-0.25, -0.2) is 19.0 Å². The number of amides is 4. The molecular formula is C27H33BClFN6O7S. The Morgan fingerprint density at radius 1 is 1.34 bits per heavy atom. The van der Waals surface area contributed by atoms with Gasteiger partial charge in [0.25, 0.3) is 0 Å². The van der Waals surface area contributed by atoms with Crippen LogP contribution in [0, 0.1) is 5.92 Å². The maximum atomic E-state index is 13.2. The third-order valence-electron chi connectivity index (χ3n) is 7.22. The SMILES string of the molecule is C=C(NC1Cc2cccc(C(=O)O)c2OB1OC)C(NC(=O)N1CCN(CCF)C(=O)C1=O)c1nc(N)sc1Cl.CC1CC1. The number of alkyl halides is 1. The molecule has 2 unspecified atom stereocenters. The highest BCUT2D eigenvalue weighted by atomic mass is 35.5. The molecule has 4 amide bonds. The summed E-state index contributed by atoms with van der Waals surface area (Å²) in [4.78, 5) is 55.7. The summed E-state index contributed by atoms with van der Waals surface area (Å²) in [6, 6.07) is 2.69. The maximum Gasteiger partial charge on any atom is 0.549 e. The van der Waals surface area contributed by atoms with Crippen molar-refractivity contribution >= 4 is 59.0 Å². The van der Waals surface area contributed by atoms with Crippen molar-refractivity contribution in [1.29, 1.82) is 0 Å². The summed E-state index contributed by atoms with van der Waals surface area (Å²) in [6.45, 7) is 5.06. The van der Waals surface area contributed by atoms with Gasteiger partial charge in [0.15, 0.2) is 5.13 Å². The number of nitrogen functional groups attached to an aromatic ring is 1. The number of piperazine rings is 1. The molecule has 5 rings (SSSR count). The molecule has 5 N–H and O–H groups in total. The number of nitrogens with two attached hydrogens (primary N) is 1. The molecule has 1 aromatic heterocycles. The van der Waals surface area contributed by atoms with Gasteiger partial charge in [0.05, 0.1) is 11.5 Å². The number of carboxylic acid groups (broad SMARTS) is 1. The first-order valence-electron chi connectivity index (χ1n) is 13.8. The van der Waals surface area contributed by atoms with Gasteiger partial charge in [0.2, 0.25) is 0 Å². The first-order valence-corrected chi connectivity index (χ1v) is 15.0. The van der Waals surface area contributed by atoms with Crippen molar-refractivity contribution in [3.63, 3.8) is 0 Å². The van der Waals surface area contributed by atoms with Crippen LogP contribution in [0.5, 0.6) is 5.75 Å². The van der Waals surface area contributed by atoms with Crippen molar-refractivity contribution in [2.75, 3.05) is 39.2 Å². The van der Waals surface area contributed by atoms with Gasteiger partial charge in [0.1, 0.15) is 28.5 Å².